The van der Waals surface area contributed by atoms with Crippen LogP contribution in [0.15, 0.2) is 29.1 Å². The second kappa shape index (κ2) is 5.58. The molecule has 1 aliphatic rings. The molecule has 0 radical (unpaired) electrons. The van der Waals surface area contributed by atoms with Crippen LogP contribution in [-0.2, 0) is 4.74 Å². The van der Waals surface area contributed by atoms with Crippen molar-refractivity contribution >= 4 is 10.9 Å². The normalized spacial score (nSPS) is 25.1. The molecule has 3 atom stereocenters. The van der Waals surface area contributed by atoms with Crippen molar-refractivity contribution in [2.75, 3.05) is 13.1 Å². The first-order valence-corrected chi connectivity index (χ1v) is 7.43. The van der Waals surface area contributed by atoms with Crippen LogP contribution in [0.25, 0.3) is 10.9 Å². The van der Waals surface area contributed by atoms with E-state index in [1.165, 1.54) is 0 Å². The standard InChI is InChI=1S/C16H21N3O2/c1-10-8-19(9-11(2)21-10)12(3)15-17-14-7-5-4-6-13(14)16(20)18-15/h4-7,10-12H,8-9H2,1-3H3,(H,17,18,20)/t10-,11-,12+/m1/s1. The van der Waals surface area contributed by atoms with E-state index in [0.717, 1.165) is 24.4 Å². The van der Waals surface area contributed by atoms with E-state index in [0.29, 0.717) is 5.39 Å². The largest absolute Gasteiger partial charge is 0.373 e. The summed E-state index contributed by atoms with van der Waals surface area (Å²) >= 11 is 0. The van der Waals surface area contributed by atoms with Gasteiger partial charge in [0.25, 0.3) is 5.56 Å². The lowest BCUT2D eigenvalue weighted by atomic mass is 10.1. The molecule has 2 aromatic rings. The minimum Gasteiger partial charge on any atom is -0.373 e. The van der Waals surface area contributed by atoms with Crippen LogP contribution < -0.4 is 5.56 Å². The second-order valence-corrected chi connectivity index (χ2v) is 5.86. The number of hydrogen-bond donors (Lipinski definition) is 1. The molecule has 1 aromatic heterocycles. The topological polar surface area (TPSA) is 58.2 Å². The lowest BCUT2D eigenvalue weighted by Gasteiger charge is -2.38. The fourth-order valence-electron chi connectivity index (χ4n) is 3.01. The molecule has 0 bridgehead atoms. The van der Waals surface area contributed by atoms with E-state index >= 15 is 0 Å². The number of nitrogens with one attached hydrogen (secondary N) is 1. The van der Waals surface area contributed by atoms with Gasteiger partial charge >= 0.3 is 0 Å². The van der Waals surface area contributed by atoms with Gasteiger partial charge in [-0.1, -0.05) is 12.1 Å². The van der Waals surface area contributed by atoms with E-state index in [1.54, 1.807) is 6.07 Å². The summed E-state index contributed by atoms with van der Waals surface area (Å²) in [6.45, 7) is 7.93. The Morgan fingerprint density at radius 1 is 1.29 bits per heavy atom. The number of aromatic nitrogens is 2. The van der Waals surface area contributed by atoms with Gasteiger partial charge in [-0.3, -0.25) is 9.69 Å². The number of H-pyrrole nitrogens is 1. The van der Waals surface area contributed by atoms with Crippen molar-refractivity contribution in [3.8, 4) is 0 Å². The number of para-hydroxylation sites is 1. The third kappa shape index (κ3) is 2.84. The van der Waals surface area contributed by atoms with Crippen LogP contribution >= 0.6 is 0 Å². The molecule has 1 N–H and O–H groups in total. The molecule has 0 spiro atoms. The van der Waals surface area contributed by atoms with Gasteiger partial charge in [0, 0.05) is 13.1 Å². The highest BCUT2D eigenvalue weighted by molar-refractivity contribution is 5.77. The summed E-state index contributed by atoms with van der Waals surface area (Å²) in [7, 11) is 0. The van der Waals surface area contributed by atoms with Gasteiger partial charge < -0.3 is 9.72 Å². The van der Waals surface area contributed by atoms with Crippen molar-refractivity contribution in [2.45, 2.75) is 39.0 Å². The molecular weight excluding hydrogens is 266 g/mol. The predicted octanol–water partition coefficient (Wildman–Crippen LogP) is 2.09. The minimum absolute atomic E-state index is 0.0658. The Morgan fingerprint density at radius 3 is 2.67 bits per heavy atom. The van der Waals surface area contributed by atoms with Crippen molar-refractivity contribution in [1.82, 2.24) is 14.9 Å². The van der Waals surface area contributed by atoms with Crippen LogP contribution in [0.1, 0.15) is 32.6 Å². The summed E-state index contributed by atoms with van der Waals surface area (Å²) in [5, 5.41) is 0.636. The number of hydrogen-bond acceptors (Lipinski definition) is 4. The van der Waals surface area contributed by atoms with Crippen molar-refractivity contribution in [3.05, 3.63) is 40.4 Å². The summed E-state index contributed by atoms with van der Waals surface area (Å²) < 4.78 is 5.76. The average molecular weight is 287 g/mol. The van der Waals surface area contributed by atoms with Crippen LogP contribution in [0.5, 0.6) is 0 Å². The summed E-state index contributed by atoms with van der Waals surface area (Å²) in [5.74, 6) is 0.722. The molecule has 0 aliphatic carbocycles. The number of morpholine rings is 1. The molecule has 0 unspecified atom stereocenters. The van der Waals surface area contributed by atoms with Gasteiger partial charge in [0.1, 0.15) is 5.82 Å². The monoisotopic (exact) mass is 287 g/mol. The average Bonchev–Trinajstić information content (AvgIpc) is 2.45. The maximum atomic E-state index is 12.2. The number of rotatable bonds is 2. The highest BCUT2D eigenvalue weighted by Crippen LogP contribution is 2.22. The number of aromatic amines is 1. The fraction of sp³-hybridized carbons (Fsp3) is 0.500. The summed E-state index contributed by atoms with van der Waals surface area (Å²) in [4.78, 5) is 22.0. The van der Waals surface area contributed by atoms with E-state index in [1.807, 2.05) is 18.2 Å². The molecule has 0 saturated carbocycles. The zero-order valence-corrected chi connectivity index (χ0v) is 12.7. The number of fused-ring (bicyclic) bond motifs is 1. The van der Waals surface area contributed by atoms with Crippen LogP contribution in [0.2, 0.25) is 0 Å². The van der Waals surface area contributed by atoms with Gasteiger partial charge in [-0.2, -0.15) is 0 Å². The third-order valence-corrected chi connectivity index (χ3v) is 4.02. The first kappa shape index (κ1) is 14.2. The Kier molecular flexibility index (Phi) is 3.78. The lowest BCUT2D eigenvalue weighted by molar-refractivity contribution is -0.0798. The molecule has 1 aromatic carbocycles. The van der Waals surface area contributed by atoms with Crippen LogP contribution in [-0.4, -0.2) is 40.2 Å². The van der Waals surface area contributed by atoms with Gasteiger partial charge in [-0.15, -0.1) is 0 Å². The Bertz CT molecular complexity index is 687. The van der Waals surface area contributed by atoms with E-state index in [4.69, 9.17) is 4.74 Å². The second-order valence-electron chi connectivity index (χ2n) is 5.86. The van der Waals surface area contributed by atoms with Crippen molar-refractivity contribution in [2.24, 2.45) is 0 Å². The lowest BCUT2D eigenvalue weighted by Crippen LogP contribution is -2.46. The maximum Gasteiger partial charge on any atom is 0.258 e. The molecule has 5 heteroatoms. The van der Waals surface area contributed by atoms with Crippen molar-refractivity contribution in [3.63, 3.8) is 0 Å². The first-order valence-electron chi connectivity index (χ1n) is 7.43. The van der Waals surface area contributed by atoms with Gasteiger partial charge in [-0.25, -0.2) is 4.98 Å². The SMILES string of the molecule is C[C@@H]1CN([C@@H](C)c2nc3ccccc3c(=O)[nH]2)C[C@@H](C)O1. The quantitative estimate of drug-likeness (QED) is 0.919. The minimum atomic E-state index is -0.0724. The summed E-state index contributed by atoms with van der Waals surface area (Å²) in [6, 6.07) is 7.51. The molecule has 0 amide bonds. The smallest absolute Gasteiger partial charge is 0.258 e. The molecule has 112 valence electrons. The fourth-order valence-corrected chi connectivity index (χ4v) is 3.01. The Balaban J connectivity index is 1.94. The molecule has 1 fully saturated rings. The summed E-state index contributed by atoms with van der Waals surface area (Å²) in [6.07, 6.45) is 0.395. The number of ether oxygens (including phenoxy) is 1. The Labute approximate surface area is 124 Å². The molecular formula is C16H21N3O2. The maximum absolute atomic E-state index is 12.2. The third-order valence-electron chi connectivity index (χ3n) is 4.02. The Hall–Kier alpha value is -1.72. The summed E-state index contributed by atoms with van der Waals surface area (Å²) in [5.41, 5.74) is 0.675. The highest BCUT2D eigenvalue weighted by Gasteiger charge is 2.27. The van der Waals surface area contributed by atoms with E-state index in [-0.39, 0.29) is 23.8 Å². The number of benzene rings is 1. The molecule has 2 heterocycles. The van der Waals surface area contributed by atoms with Crippen LogP contribution in [0.4, 0.5) is 0 Å². The van der Waals surface area contributed by atoms with Crippen molar-refractivity contribution in [1.29, 1.82) is 0 Å². The Morgan fingerprint density at radius 2 is 1.95 bits per heavy atom. The molecule has 1 saturated heterocycles. The zero-order chi connectivity index (χ0) is 15.0. The highest BCUT2D eigenvalue weighted by atomic mass is 16.5. The van der Waals surface area contributed by atoms with E-state index < -0.39 is 0 Å². The molecule has 1 aliphatic heterocycles. The number of nitrogens with zero attached hydrogens (tertiary/aromatic N) is 2. The van der Waals surface area contributed by atoms with Crippen LogP contribution in [0.3, 0.4) is 0 Å². The van der Waals surface area contributed by atoms with Crippen molar-refractivity contribution < 1.29 is 4.74 Å². The van der Waals surface area contributed by atoms with Gasteiger partial charge in [0.15, 0.2) is 0 Å². The van der Waals surface area contributed by atoms with Gasteiger partial charge in [-0.05, 0) is 32.9 Å². The zero-order valence-electron chi connectivity index (χ0n) is 12.7. The molecule has 21 heavy (non-hydrogen) atoms. The van der Waals surface area contributed by atoms with E-state index in [2.05, 4.69) is 35.6 Å². The van der Waals surface area contributed by atoms with E-state index in [9.17, 15) is 4.79 Å². The van der Waals surface area contributed by atoms with Gasteiger partial charge in [0.05, 0.1) is 29.2 Å². The van der Waals surface area contributed by atoms with Gasteiger partial charge in [0.2, 0.25) is 0 Å². The molecule has 3 rings (SSSR count). The van der Waals surface area contributed by atoms with Crippen LogP contribution in [0, 0.1) is 0 Å². The predicted molar refractivity (Wildman–Crippen MR) is 82.4 cm³/mol. The molecule has 5 nitrogen and oxygen atoms in total. The first-order chi connectivity index (χ1) is 10.0.